The quantitative estimate of drug-likeness (QED) is 0.788. The third-order valence-electron chi connectivity index (χ3n) is 3.86. The molecule has 0 aromatic heterocycles. The van der Waals surface area contributed by atoms with E-state index in [1.54, 1.807) is 12.4 Å². The number of hydrogen-bond donors (Lipinski definition) is 1. The van der Waals surface area contributed by atoms with Gasteiger partial charge in [-0.15, -0.1) is 0 Å². The highest BCUT2D eigenvalue weighted by molar-refractivity contribution is 6.29. The number of ether oxygens (including phenoxy) is 1. The van der Waals surface area contributed by atoms with Crippen molar-refractivity contribution in [3.8, 4) is 0 Å². The Morgan fingerprint density at radius 1 is 1.60 bits per heavy atom. The normalized spacial score (nSPS) is 25.4. The predicted octanol–water partition coefficient (Wildman–Crippen LogP) is 1.43. The van der Waals surface area contributed by atoms with Crippen molar-refractivity contribution in [2.45, 2.75) is 38.6 Å². The molecule has 6 nitrogen and oxygen atoms in total. The van der Waals surface area contributed by atoms with Crippen molar-refractivity contribution in [1.29, 1.82) is 0 Å². The Hall–Kier alpha value is -1.98. The average molecular weight is 274 g/mol. The maximum atomic E-state index is 12.3. The molecule has 2 heterocycles. The number of nitrogens with zero attached hydrogens (tertiary/aromatic N) is 3. The largest absolute Gasteiger partial charge is 0.464 e. The fraction of sp³-hybridized carbons (Fsp3) is 0.571. The van der Waals surface area contributed by atoms with Crippen LogP contribution in [0.4, 0.5) is 0 Å². The summed E-state index contributed by atoms with van der Waals surface area (Å²) in [6.45, 7) is 4.03. The van der Waals surface area contributed by atoms with E-state index in [0.717, 1.165) is 24.1 Å². The molecule has 0 saturated heterocycles. The van der Waals surface area contributed by atoms with Crippen LogP contribution >= 0.6 is 0 Å². The highest BCUT2D eigenvalue weighted by Gasteiger charge is 2.49. The Morgan fingerprint density at radius 2 is 2.40 bits per heavy atom. The standard InChI is InChI=1S/C14H18N4O2/c1-3-20-13(19)14(2,9-4-5-9)16-12-10-8-15-7-6-11(10)17-18-12/h7-9H,3-6H2,1-2H3,(H,16,18). The van der Waals surface area contributed by atoms with Crippen molar-refractivity contribution in [1.82, 2.24) is 5.43 Å². The van der Waals surface area contributed by atoms with Gasteiger partial charge < -0.3 is 4.74 Å². The maximum Gasteiger partial charge on any atom is 0.334 e. The molecule has 1 fully saturated rings. The number of hydrazone groups is 1. The van der Waals surface area contributed by atoms with E-state index in [4.69, 9.17) is 4.74 Å². The molecule has 1 N–H and O–H groups in total. The fourth-order valence-electron chi connectivity index (χ4n) is 2.48. The van der Waals surface area contributed by atoms with E-state index in [0.29, 0.717) is 18.9 Å². The Bertz CT molecular complexity index is 558. The number of esters is 1. The number of hydrogen-bond acceptors (Lipinski definition) is 5. The summed E-state index contributed by atoms with van der Waals surface area (Å²) in [5.74, 6) is 0.622. The summed E-state index contributed by atoms with van der Waals surface area (Å²) >= 11 is 0. The molecule has 0 spiro atoms. The lowest BCUT2D eigenvalue weighted by atomic mass is 9.96. The Balaban J connectivity index is 1.90. The molecular weight excluding hydrogens is 256 g/mol. The van der Waals surface area contributed by atoms with Crippen LogP contribution in [0, 0.1) is 5.92 Å². The molecule has 3 aliphatic rings. The van der Waals surface area contributed by atoms with Crippen LogP contribution in [0.2, 0.25) is 0 Å². The number of nitrogens with one attached hydrogen (secondary N) is 1. The molecule has 106 valence electrons. The van der Waals surface area contributed by atoms with E-state index in [1.807, 2.05) is 13.8 Å². The van der Waals surface area contributed by atoms with Crippen LogP contribution in [0.3, 0.4) is 0 Å². The van der Waals surface area contributed by atoms with Crippen molar-refractivity contribution in [2.75, 3.05) is 6.61 Å². The molecule has 0 aromatic rings. The van der Waals surface area contributed by atoms with E-state index in [-0.39, 0.29) is 11.9 Å². The minimum absolute atomic E-state index is 0.257. The van der Waals surface area contributed by atoms with Gasteiger partial charge in [0.05, 0.1) is 17.9 Å². The molecule has 0 aromatic carbocycles. The molecule has 6 heteroatoms. The fourth-order valence-corrected chi connectivity index (χ4v) is 2.48. The summed E-state index contributed by atoms with van der Waals surface area (Å²) in [5, 5.41) is 4.23. The van der Waals surface area contributed by atoms with Gasteiger partial charge in [0.1, 0.15) is 0 Å². The summed E-state index contributed by atoms with van der Waals surface area (Å²) in [7, 11) is 0. The highest BCUT2D eigenvalue weighted by Crippen LogP contribution is 2.43. The van der Waals surface area contributed by atoms with Crippen molar-refractivity contribution in [2.24, 2.45) is 21.0 Å². The zero-order valence-corrected chi connectivity index (χ0v) is 11.7. The molecule has 3 rings (SSSR count). The molecule has 1 unspecified atom stereocenters. The number of fused-ring (bicyclic) bond motifs is 1. The van der Waals surface area contributed by atoms with E-state index in [1.165, 1.54) is 0 Å². The Labute approximate surface area is 117 Å². The maximum absolute atomic E-state index is 12.3. The van der Waals surface area contributed by atoms with Crippen LogP contribution < -0.4 is 5.43 Å². The third-order valence-corrected chi connectivity index (χ3v) is 3.86. The summed E-state index contributed by atoms with van der Waals surface area (Å²) in [4.78, 5) is 21.0. The molecule has 0 radical (unpaired) electrons. The molecule has 2 aliphatic heterocycles. The summed E-state index contributed by atoms with van der Waals surface area (Å²) in [6.07, 6.45) is 6.25. The van der Waals surface area contributed by atoms with Crippen molar-refractivity contribution in [3.63, 3.8) is 0 Å². The molecule has 1 atom stereocenters. The lowest BCUT2D eigenvalue weighted by Gasteiger charge is -2.23. The van der Waals surface area contributed by atoms with Crippen LogP contribution in [0.25, 0.3) is 0 Å². The van der Waals surface area contributed by atoms with E-state index in [9.17, 15) is 4.79 Å². The van der Waals surface area contributed by atoms with E-state index in [2.05, 4.69) is 20.5 Å². The predicted molar refractivity (Wildman–Crippen MR) is 77.0 cm³/mol. The van der Waals surface area contributed by atoms with Gasteiger partial charge in [-0.3, -0.25) is 10.4 Å². The molecule has 0 amide bonds. The molecule has 1 aliphatic carbocycles. The first kappa shape index (κ1) is 13.0. The van der Waals surface area contributed by atoms with Crippen LogP contribution in [0.5, 0.6) is 0 Å². The molecular formula is C14H18N4O2. The SMILES string of the molecule is CCOC(=O)C(C)(N=C1NN=C2CC=NC=C21)C1CC1. The second-order valence-corrected chi connectivity index (χ2v) is 5.35. The minimum Gasteiger partial charge on any atom is -0.464 e. The lowest BCUT2D eigenvalue weighted by Crippen LogP contribution is -2.40. The highest BCUT2D eigenvalue weighted by atomic mass is 16.5. The summed E-state index contributed by atoms with van der Waals surface area (Å²) in [5.41, 5.74) is 3.88. The minimum atomic E-state index is -0.828. The lowest BCUT2D eigenvalue weighted by molar-refractivity contribution is -0.149. The molecule has 20 heavy (non-hydrogen) atoms. The van der Waals surface area contributed by atoms with Gasteiger partial charge in [0, 0.05) is 18.8 Å². The van der Waals surface area contributed by atoms with Crippen LogP contribution in [0.15, 0.2) is 26.9 Å². The Morgan fingerprint density at radius 3 is 3.10 bits per heavy atom. The molecule has 0 bridgehead atoms. The van der Waals surface area contributed by atoms with E-state index >= 15 is 0 Å². The number of carbonyl (C=O) groups is 1. The number of rotatable bonds is 4. The number of carbonyl (C=O) groups excluding carboxylic acids is 1. The smallest absolute Gasteiger partial charge is 0.334 e. The van der Waals surface area contributed by atoms with Crippen LogP contribution in [-0.2, 0) is 9.53 Å². The zero-order chi connectivity index (χ0) is 14.2. The first-order valence-corrected chi connectivity index (χ1v) is 6.97. The average Bonchev–Trinajstić information content (AvgIpc) is 3.23. The van der Waals surface area contributed by atoms with Crippen LogP contribution in [-0.4, -0.2) is 35.9 Å². The first-order chi connectivity index (χ1) is 9.65. The van der Waals surface area contributed by atoms with Gasteiger partial charge in [-0.05, 0) is 32.6 Å². The topological polar surface area (TPSA) is 75.4 Å². The van der Waals surface area contributed by atoms with Crippen LogP contribution in [0.1, 0.15) is 33.1 Å². The van der Waals surface area contributed by atoms with Gasteiger partial charge in [-0.25, -0.2) is 9.79 Å². The summed E-state index contributed by atoms with van der Waals surface area (Å²) < 4.78 is 5.19. The monoisotopic (exact) mass is 274 g/mol. The van der Waals surface area contributed by atoms with Crippen molar-refractivity contribution in [3.05, 3.63) is 11.8 Å². The van der Waals surface area contributed by atoms with Crippen molar-refractivity contribution < 1.29 is 9.53 Å². The number of amidine groups is 1. The third kappa shape index (κ3) is 2.15. The second kappa shape index (κ2) is 4.85. The molecule has 1 saturated carbocycles. The van der Waals surface area contributed by atoms with Gasteiger partial charge in [0.25, 0.3) is 0 Å². The van der Waals surface area contributed by atoms with Gasteiger partial charge in [0.2, 0.25) is 0 Å². The first-order valence-electron chi connectivity index (χ1n) is 6.97. The zero-order valence-electron chi connectivity index (χ0n) is 11.7. The second-order valence-electron chi connectivity index (χ2n) is 5.35. The van der Waals surface area contributed by atoms with Gasteiger partial charge in [0.15, 0.2) is 11.4 Å². The van der Waals surface area contributed by atoms with Gasteiger partial charge in [-0.1, -0.05) is 0 Å². The van der Waals surface area contributed by atoms with Crippen molar-refractivity contribution >= 4 is 23.7 Å². The Kier molecular flexibility index (Phi) is 3.16. The summed E-state index contributed by atoms with van der Waals surface area (Å²) in [6, 6.07) is 0. The van der Waals surface area contributed by atoms with Gasteiger partial charge >= 0.3 is 5.97 Å². The van der Waals surface area contributed by atoms with Gasteiger partial charge in [-0.2, -0.15) is 5.10 Å². The van der Waals surface area contributed by atoms with E-state index < -0.39 is 5.54 Å². The number of aliphatic imine (C=N–C) groups is 2.